The van der Waals surface area contributed by atoms with Crippen LogP contribution >= 0.6 is 12.3 Å². The van der Waals surface area contributed by atoms with Crippen molar-refractivity contribution in [1.29, 1.82) is 0 Å². The summed E-state index contributed by atoms with van der Waals surface area (Å²) in [6.07, 6.45) is -3.70. The third kappa shape index (κ3) is 18.6. The summed E-state index contributed by atoms with van der Waals surface area (Å²) in [4.78, 5) is 7.68. The van der Waals surface area contributed by atoms with E-state index in [9.17, 15) is 39.1 Å². The lowest BCUT2D eigenvalue weighted by molar-refractivity contribution is 0.0441. The standard InChI is InChI=1S/C22H46N4O15S5/c1-38-20(15-43(28)29)12-24-7-9-26(10-8-24)14-22(18-46(36,37)39-2)41-42-40-21(17-45(33,34)35)13-25-5-3-23(4-6-25)11-19(27)16-44(30,31)32/h19-22,27H,3-18H2,1-2H3,(H,28,29)(H,30,31,32)(H,33,34,35). The summed E-state index contributed by atoms with van der Waals surface area (Å²) < 4.78 is 130. The third-order valence-electron chi connectivity index (χ3n) is 7.24. The Hall–Kier alpha value is -0.130. The van der Waals surface area contributed by atoms with E-state index in [4.69, 9.17) is 22.2 Å². The minimum atomic E-state index is -4.46. The molecule has 274 valence electrons. The highest BCUT2D eigenvalue weighted by Gasteiger charge is 2.29. The molecule has 19 nitrogen and oxygen atoms in total. The van der Waals surface area contributed by atoms with Crippen LogP contribution in [0, 0.1) is 0 Å². The molecule has 2 heterocycles. The van der Waals surface area contributed by atoms with E-state index in [1.165, 1.54) is 7.11 Å². The quantitative estimate of drug-likeness (QED) is 0.0369. The molecule has 2 saturated heterocycles. The zero-order valence-electron chi connectivity index (χ0n) is 25.7. The van der Waals surface area contributed by atoms with Gasteiger partial charge in [-0.05, 0) is 0 Å². The molecule has 0 radical (unpaired) electrons. The number of nitrogens with zero attached hydrogens (tertiary/aromatic N) is 4. The van der Waals surface area contributed by atoms with Gasteiger partial charge >= 0.3 is 0 Å². The fourth-order valence-electron chi connectivity index (χ4n) is 5.01. The fraction of sp³-hybridized carbons (Fsp3) is 1.00. The number of aliphatic hydroxyl groups excluding tert-OH is 1. The lowest BCUT2D eigenvalue weighted by Crippen LogP contribution is -2.51. The molecule has 5 unspecified atom stereocenters. The Kier molecular flexibility index (Phi) is 18.2. The molecule has 0 aromatic carbocycles. The molecule has 0 saturated carbocycles. The van der Waals surface area contributed by atoms with Crippen LogP contribution in [-0.4, -0.2) is 208 Å². The number of piperazine rings is 2. The summed E-state index contributed by atoms with van der Waals surface area (Å²) in [6.45, 7) is 4.59. The Morgan fingerprint density at radius 2 is 1.07 bits per heavy atom. The van der Waals surface area contributed by atoms with E-state index in [0.29, 0.717) is 71.2 Å². The average molecular weight is 767 g/mol. The van der Waals surface area contributed by atoms with Crippen LogP contribution in [0.4, 0.5) is 0 Å². The Morgan fingerprint density at radius 1 is 0.674 bits per heavy atom. The highest BCUT2D eigenvalue weighted by Crippen LogP contribution is 2.19. The number of ether oxygens (including phenoxy) is 1. The molecule has 0 spiro atoms. The number of methoxy groups -OCH3 is 1. The van der Waals surface area contributed by atoms with E-state index >= 15 is 0 Å². The molecule has 4 N–H and O–H groups in total. The second-order valence-electron chi connectivity index (χ2n) is 11.1. The topological polar surface area (TPSA) is 250 Å². The van der Waals surface area contributed by atoms with Crippen molar-refractivity contribution in [3.05, 3.63) is 0 Å². The molecule has 0 amide bonds. The molecule has 24 heteroatoms. The Balaban J connectivity index is 1.91. The van der Waals surface area contributed by atoms with Crippen molar-refractivity contribution in [2.45, 2.75) is 24.4 Å². The zero-order chi connectivity index (χ0) is 34.5. The first kappa shape index (κ1) is 42.0. The molecule has 0 aromatic rings. The summed E-state index contributed by atoms with van der Waals surface area (Å²) in [5.74, 6) is -2.08. The first-order valence-electron chi connectivity index (χ1n) is 14.2. The molecular weight excluding hydrogens is 721 g/mol. The van der Waals surface area contributed by atoms with E-state index in [0.717, 1.165) is 7.11 Å². The second kappa shape index (κ2) is 19.9. The van der Waals surface area contributed by atoms with Crippen molar-refractivity contribution < 1.29 is 65.5 Å². The lowest BCUT2D eigenvalue weighted by atomic mass is 10.2. The number of β-amino-alcohol motifs (C(OH)–C–C–N with tert-alkyl or cyclic N) is 1. The minimum absolute atomic E-state index is 0.0165. The summed E-state index contributed by atoms with van der Waals surface area (Å²) in [6, 6.07) is 0. The maximum Gasteiger partial charge on any atom is 0.269 e. The fourth-order valence-corrected chi connectivity index (χ4v) is 8.26. The smallest absolute Gasteiger partial charge is 0.269 e. The van der Waals surface area contributed by atoms with Gasteiger partial charge in [-0.3, -0.25) is 41.3 Å². The van der Waals surface area contributed by atoms with Crippen LogP contribution < -0.4 is 0 Å². The van der Waals surface area contributed by atoms with Gasteiger partial charge in [-0.25, -0.2) is 4.21 Å². The van der Waals surface area contributed by atoms with Crippen molar-refractivity contribution >= 4 is 53.8 Å². The van der Waals surface area contributed by atoms with Crippen LogP contribution in [0.15, 0.2) is 0 Å². The molecular formula is C22H46N4O15S5. The normalized spacial score (nSPS) is 22.0. The lowest BCUT2D eigenvalue weighted by Gasteiger charge is -2.37. The van der Waals surface area contributed by atoms with Gasteiger partial charge in [0.15, 0.2) is 23.4 Å². The molecule has 2 rings (SSSR count). The van der Waals surface area contributed by atoms with Gasteiger partial charge in [-0.1, -0.05) is 0 Å². The van der Waals surface area contributed by atoms with Crippen molar-refractivity contribution in [3.63, 3.8) is 0 Å². The van der Waals surface area contributed by atoms with Crippen LogP contribution in [-0.2, 0) is 58.7 Å². The minimum Gasteiger partial charge on any atom is -0.391 e. The molecule has 0 bridgehead atoms. The largest absolute Gasteiger partial charge is 0.391 e. The van der Waals surface area contributed by atoms with E-state index in [1.54, 1.807) is 4.90 Å². The van der Waals surface area contributed by atoms with Gasteiger partial charge < -0.3 is 14.4 Å². The Bertz CT molecular complexity index is 1240. The highest BCUT2D eigenvalue weighted by molar-refractivity contribution is 7.90. The summed E-state index contributed by atoms with van der Waals surface area (Å²) in [7, 11) is -10.2. The van der Waals surface area contributed by atoms with E-state index < -0.39 is 83.1 Å². The number of aliphatic hydroxyl groups is 1. The van der Waals surface area contributed by atoms with Crippen LogP contribution in [0.25, 0.3) is 0 Å². The van der Waals surface area contributed by atoms with Gasteiger partial charge in [-0.2, -0.15) is 25.3 Å². The van der Waals surface area contributed by atoms with E-state index in [-0.39, 0.29) is 25.4 Å². The first-order chi connectivity index (χ1) is 21.4. The van der Waals surface area contributed by atoms with Gasteiger partial charge in [0.05, 0.1) is 25.1 Å². The molecule has 0 aromatic heterocycles. The number of hydrogen-bond acceptors (Lipinski definition) is 17. The van der Waals surface area contributed by atoms with Crippen LogP contribution in [0.5, 0.6) is 0 Å². The van der Waals surface area contributed by atoms with Crippen molar-refractivity contribution in [3.8, 4) is 0 Å². The van der Waals surface area contributed by atoms with Crippen molar-refractivity contribution in [2.75, 3.05) is 116 Å². The predicted octanol–water partition coefficient (Wildman–Crippen LogP) is -3.10. The Labute approximate surface area is 278 Å². The van der Waals surface area contributed by atoms with Crippen LogP contribution in [0.1, 0.15) is 0 Å². The van der Waals surface area contributed by atoms with Crippen molar-refractivity contribution in [1.82, 2.24) is 19.6 Å². The monoisotopic (exact) mass is 766 g/mol. The third-order valence-corrected chi connectivity index (χ3v) is 11.5. The number of rotatable bonds is 22. The van der Waals surface area contributed by atoms with E-state index in [2.05, 4.69) is 9.08 Å². The van der Waals surface area contributed by atoms with Gasteiger partial charge in [0.2, 0.25) is 0 Å². The molecule has 2 aliphatic heterocycles. The van der Waals surface area contributed by atoms with Gasteiger partial charge in [0, 0.05) is 85.6 Å². The Morgan fingerprint density at radius 3 is 1.43 bits per heavy atom. The molecule has 2 aliphatic rings. The van der Waals surface area contributed by atoms with Crippen LogP contribution in [0.3, 0.4) is 0 Å². The maximum atomic E-state index is 12.2. The number of hydrogen-bond donors (Lipinski definition) is 4. The van der Waals surface area contributed by atoms with E-state index in [1.807, 2.05) is 9.80 Å². The second-order valence-corrected chi connectivity index (χ2v) is 17.4. The predicted molar refractivity (Wildman–Crippen MR) is 169 cm³/mol. The van der Waals surface area contributed by atoms with Crippen LogP contribution in [0.2, 0.25) is 0 Å². The van der Waals surface area contributed by atoms with Gasteiger partial charge in [0.1, 0.15) is 29.5 Å². The van der Waals surface area contributed by atoms with Gasteiger partial charge in [0.25, 0.3) is 30.4 Å². The molecule has 2 fully saturated rings. The molecule has 0 aliphatic carbocycles. The molecule has 46 heavy (non-hydrogen) atoms. The average Bonchev–Trinajstić information content (AvgIpc) is 2.92. The molecule has 5 atom stereocenters. The zero-order valence-corrected chi connectivity index (χ0v) is 29.8. The van der Waals surface area contributed by atoms with Crippen molar-refractivity contribution in [2.24, 2.45) is 0 Å². The highest BCUT2D eigenvalue weighted by atomic mass is 32.2. The first-order valence-corrected chi connectivity index (χ1v) is 20.9. The SMILES string of the molecule is COC(CN1CCN(CC(CS(=O)(=O)OC)OSOC(CN2CCN(CC(O)CS(=O)(=O)O)CC2)CS(=O)(=O)O)CC1)CS(=O)O. The van der Waals surface area contributed by atoms with Gasteiger partial charge in [-0.15, -0.1) is 0 Å². The summed E-state index contributed by atoms with van der Waals surface area (Å²) in [5, 5.41) is 9.89. The summed E-state index contributed by atoms with van der Waals surface area (Å²) >= 11 is -1.57. The maximum absolute atomic E-state index is 12.2. The summed E-state index contributed by atoms with van der Waals surface area (Å²) in [5.41, 5.74) is 0.